The topological polar surface area (TPSA) is 37.3 Å². The van der Waals surface area contributed by atoms with Gasteiger partial charge in [0.05, 0.1) is 5.41 Å². The summed E-state index contributed by atoms with van der Waals surface area (Å²) in [5.41, 5.74) is -0.760. The van der Waals surface area contributed by atoms with E-state index in [1.807, 2.05) is 0 Å². The lowest BCUT2D eigenvalue weighted by Crippen LogP contribution is -2.20. The molecule has 52 valence electrons. The van der Waals surface area contributed by atoms with Gasteiger partial charge in [0.2, 0.25) is 0 Å². The first kappa shape index (κ1) is 8.69. The average molecular weight is 193 g/mol. The van der Waals surface area contributed by atoms with Crippen molar-refractivity contribution < 1.29 is 9.90 Å². The molecule has 0 aromatic carbocycles. The summed E-state index contributed by atoms with van der Waals surface area (Å²) in [6.45, 7) is 3.26. The maximum absolute atomic E-state index is 10.3. The van der Waals surface area contributed by atoms with E-state index in [1.165, 1.54) is 0 Å². The molecule has 0 radical (unpaired) electrons. The average Bonchev–Trinajstić information content (AvgIpc) is 1.65. The molecule has 0 fully saturated rings. The second-order valence-electron chi connectivity index (χ2n) is 2.32. The summed E-state index contributed by atoms with van der Waals surface area (Å²) in [6, 6.07) is 0. The number of carboxylic acid groups (broad SMARTS) is 1. The van der Waals surface area contributed by atoms with Gasteiger partial charge in [-0.2, -0.15) is 0 Å². The maximum Gasteiger partial charge on any atom is 0.312 e. The molecule has 0 amide bonds. The summed E-state index contributed by atoms with van der Waals surface area (Å²) >= 11 is 3.01. The van der Waals surface area contributed by atoms with Gasteiger partial charge in [0.25, 0.3) is 0 Å². The maximum atomic E-state index is 10.3. The van der Waals surface area contributed by atoms with E-state index >= 15 is 0 Å². The van der Waals surface area contributed by atoms with Gasteiger partial charge in [0.15, 0.2) is 0 Å². The van der Waals surface area contributed by atoms with Gasteiger partial charge in [-0.15, -0.1) is 0 Å². The Labute approximate surface area is 62.7 Å². The van der Waals surface area contributed by atoms with Crippen molar-refractivity contribution in [2.45, 2.75) is 13.8 Å². The van der Waals surface area contributed by atoms with Crippen molar-refractivity contribution in [2.24, 2.45) is 5.41 Å². The van der Waals surface area contributed by atoms with E-state index in [9.17, 15) is 4.79 Å². The normalized spacial score (nSPS) is 12.3. The van der Waals surface area contributed by atoms with Crippen LogP contribution in [0.1, 0.15) is 13.8 Å². The molecule has 9 heavy (non-hydrogen) atoms. The third-order valence-electron chi connectivity index (χ3n) is 1.03. The quantitative estimate of drug-likeness (QED) is 0.728. The zero-order chi connectivity index (χ0) is 7.49. The Morgan fingerprint density at radius 1 is 1.67 bits per heavy atom. The number of hydrogen-bond acceptors (Lipinski definition) is 1. The van der Waals surface area contributed by atoms with Crippen LogP contribution in [0.3, 0.4) is 0 Å². The summed E-state index contributed by atoms with van der Waals surface area (Å²) in [7, 11) is 0. The van der Waals surface area contributed by atoms with Gasteiger partial charge in [-0.3, -0.25) is 4.79 Å². The first-order chi connectivity index (χ1) is 4.00. The second-order valence-corrected chi connectivity index (χ2v) is 2.85. The first-order valence-corrected chi connectivity index (χ1v) is 3.43. The van der Waals surface area contributed by atoms with Crippen molar-refractivity contribution in [1.29, 1.82) is 0 Å². The van der Waals surface area contributed by atoms with Crippen molar-refractivity contribution in [2.75, 3.05) is 0 Å². The van der Waals surface area contributed by atoms with Gasteiger partial charge >= 0.3 is 5.97 Å². The minimum atomic E-state index is -0.821. The lowest BCUT2D eigenvalue weighted by atomic mass is 9.95. The Morgan fingerprint density at radius 3 is 2.22 bits per heavy atom. The van der Waals surface area contributed by atoms with Crippen molar-refractivity contribution in [3.63, 3.8) is 0 Å². The molecule has 0 aliphatic rings. The minimum Gasteiger partial charge on any atom is -0.481 e. The number of hydrogen-bond donors (Lipinski definition) is 1. The molecule has 0 saturated carbocycles. The standard InChI is InChI=1S/C6H9BrO2/c1-6(2,3-4-7)5(8)9/h3-4H,1-2H3,(H,8,9). The molecule has 0 aromatic rings. The Kier molecular flexibility index (Phi) is 2.91. The fourth-order valence-corrected chi connectivity index (χ4v) is 0.890. The van der Waals surface area contributed by atoms with Crippen LogP contribution in [0.15, 0.2) is 11.1 Å². The molecule has 1 N–H and O–H groups in total. The largest absolute Gasteiger partial charge is 0.481 e. The molecule has 0 atom stereocenters. The predicted molar refractivity (Wildman–Crippen MR) is 39.5 cm³/mol. The molecule has 2 nitrogen and oxygen atoms in total. The molecule has 0 aromatic heterocycles. The van der Waals surface area contributed by atoms with Crippen LogP contribution in [-0.2, 0) is 4.79 Å². The number of rotatable bonds is 2. The number of halogens is 1. The van der Waals surface area contributed by atoms with Crippen LogP contribution in [0.5, 0.6) is 0 Å². The van der Waals surface area contributed by atoms with E-state index in [0.29, 0.717) is 0 Å². The van der Waals surface area contributed by atoms with E-state index in [-0.39, 0.29) is 0 Å². The van der Waals surface area contributed by atoms with Gasteiger partial charge < -0.3 is 5.11 Å². The van der Waals surface area contributed by atoms with E-state index in [0.717, 1.165) is 0 Å². The van der Waals surface area contributed by atoms with Crippen LogP contribution in [0.25, 0.3) is 0 Å². The Morgan fingerprint density at radius 2 is 2.11 bits per heavy atom. The van der Waals surface area contributed by atoms with Crippen LogP contribution in [0.2, 0.25) is 0 Å². The van der Waals surface area contributed by atoms with Gasteiger partial charge in [0.1, 0.15) is 0 Å². The molecule has 0 saturated heterocycles. The molecule has 0 spiro atoms. The summed E-state index contributed by atoms with van der Waals surface area (Å²) in [4.78, 5) is 11.9. The lowest BCUT2D eigenvalue weighted by Gasteiger charge is -2.11. The fraction of sp³-hybridized carbons (Fsp3) is 0.500. The van der Waals surface area contributed by atoms with Crippen molar-refractivity contribution in [1.82, 2.24) is 0 Å². The fourth-order valence-electron chi connectivity index (χ4n) is 0.229. The van der Waals surface area contributed by atoms with Gasteiger partial charge in [-0.1, -0.05) is 22.0 Å². The molecule has 0 unspecified atom stereocenters. The Hall–Kier alpha value is -0.310. The highest BCUT2D eigenvalue weighted by Gasteiger charge is 2.22. The van der Waals surface area contributed by atoms with E-state index in [4.69, 9.17) is 5.11 Å². The van der Waals surface area contributed by atoms with E-state index < -0.39 is 11.4 Å². The monoisotopic (exact) mass is 192 g/mol. The summed E-state index contributed by atoms with van der Waals surface area (Å²) in [5.74, 6) is -0.821. The van der Waals surface area contributed by atoms with E-state index in [1.54, 1.807) is 24.9 Å². The number of aliphatic carboxylic acids is 1. The molecule has 0 bridgehead atoms. The van der Waals surface area contributed by atoms with Crippen molar-refractivity contribution in [3.05, 3.63) is 11.1 Å². The highest BCUT2D eigenvalue weighted by molar-refractivity contribution is 9.11. The second kappa shape index (κ2) is 3.01. The van der Waals surface area contributed by atoms with Crippen molar-refractivity contribution >= 4 is 21.9 Å². The lowest BCUT2D eigenvalue weighted by molar-refractivity contribution is -0.144. The zero-order valence-electron chi connectivity index (χ0n) is 5.39. The van der Waals surface area contributed by atoms with E-state index in [2.05, 4.69) is 15.9 Å². The van der Waals surface area contributed by atoms with Gasteiger partial charge in [-0.05, 0) is 18.8 Å². The van der Waals surface area contributed by atoms with Crippen molar-refractivity contribution in [3.8, 4) is 0 Å². The number of carbonyl (C=O) groups is 1. The SMILES string of the molecule is CC(C)(C=CBr)C(=O)O. The van der Waals surface area contributed by atoms with Crippen LogP contribution in [0.4, 0.5) is 0 Å². The zero-order valence-corrected chi connectivity index (χ0v) is 6.97. The highest BCUT2D eigenvalue weighted by atomic mass is 79.9. The molecule has 0 heterocycles. The summed E-state index contributed by atoms with van der Waals surface area (Å²) in [5, 5.41) is 8.50. The van der Waals surface area contributed by atoms with Crippen LogP contribution in [0, 0.1) is 5.41 Å². The third kappa shape index (κ3) is 2.65. The van der Waals surface area contributed by atoms with Crippen LogP contribution >= 0.6 is 15.9 Å². The highest BCUT2D eigenvalue weighted by Crippen LogP contribution is 2.17. The number of carboxylic acids is 1. The molecule has 0 aliphatic carbocycles. The van der Waals surface area contributed by atoms with Crippen LogP contribution < -0.4 is 0 Å². The predicted octanol–water partition coefficient (Wildman–Crippen LogP) is 2.01. The molecular weight excluding hydrogens is 184 g/mol. The first-order valence-electron chi connectivity index (χ1n) is 2.52. The summed E-state index contributed by atoms with van der Waals surface area (Å²) < 4.78 is 0. The smallest absolute Gasteiger partial charge is 0.312 e. The molecular formula is C6H9BrO2. The Bertz CT molecular complexity index is 138. The summed E-state index contributed by atoms with van der Waals surface area (Å²) in [6.07, 6.45) is 1.58. The molecule has 0 rings (SSSR count). The molecule has 3 heteroatoms. The minimum absolute atomic E-state index is 0.760. The Balaban J connectivity index is 4.19. The third-order valence-corrected chi connectivity index (χ3v) is 1.30. The van der Waals surface area contributed by atoms with Gasteiger partial charge in [0, 0.05) is 0 Å². The van der Waals surface area contributed by atoms with Gasteiger partial charge in [-0.25, -0.2) is 0 Å². The van der Waals surface area contributed by atoms with Crippen LogP contribution in [-0.4, -0.2) is 11.1 Å². The molecule has 0 aliphatic heterocycles.